The predicted octanol–water partition coefficient (Wildman–Crippen LogP) is -8.01. The summed E-state index contributed by atoms with van der Waals surface area (Å²) in [7, 11) is 0. The molecule has 0 radical (unpaired) electrons. The first kappa shape index (κ1) is 90.5. The molecule has 4 fully saturated rings. The number of amides is 3. The number of nitrogens with zero attached hydrogens (tertiary/aromatic N) is 14. The number of carbonyl (C=O) groups excluding carboxylic acids is 3. The number of ether oxygens (including phenoxy) is 12. The Balaban J connectivity index is 0.887. The summed E-state index contributed by atoms with van der Waals surface area (Å²) in [6, 6.07) is -3.31. The molecule has 8 rings (SSSR count). The van der Waals surface area contributed by atoms with Gasteiger partial charge in [-0.2, -0.15) is 0 Å². The van der Waals surface area contributed by atoms with Crippen molar-refractivity contribution in [3.8, 4) is 0 Å². The Labute approximate surface area is 641 Å². The molecule has 15 N–H and O–H groups in total. The molecule has 4 aromatic rings. The van der Waals surface area contributed by atoms with Gasteiger partial charge in [-0.1, -0.05) is 48.0 Å². The van der Waals surface area contributed by atoms with Crippen LogP contribution in [0.1, 0.15) is 83.6 Å². The largest absolute Gasteiger partial charge is 0.394 e. The van der Waals surface area contributed by atoms with Gasteiger partial charge >= 0.3 is 0 Å². The molecule has 44 heteroatoms. The van der Waals surface area contributed by atoms with E-state index in [1.54, 1.807) is 25.7 Å². The molecule has 4 saturated heterocycles. The standard InChI is InChI=1S/C67H115N17O27/c1-39(2)48(80(29-46-33-83(77-73-46)13-17-100-19-23-104-64-40(3)56(92)57(93)49(35-85)108-64)30-47-34-84(78-74-47)14-18-103-22-26-107-67-55(70-43(6)91)63(99)60(96)52(38-88)111-67)9-7-8-10-79(27-44-31-81(75-71-44)11-15-101-20-24-105-65-53(68-41(4)89)61(97)58(94)50(36-86)109-65)28-45-32-82(76-72-45)12-16-102-21-25-106-66-54(69-42(5)90)62(98)59(95)51(37-87)110-66/h31-34,39-40,48-67,85-88,92-99H,7-30,35-38H2,1-6H3,(H,68,89)(H,69,90)(H,70,91)/t40-,48?,49-,50-,51-,52-,53-,54-,55-,56-,57+,58+,59+,60+,61-,62-,63-,64-,65-,66-,67-/m1/s1. The van der Waals surface area contributed by atoms with Crippen molar-refractivity contribution >= 4 is 17.7 Å². The van der Waals surface area contributed by atoms with Crippen molar-refractivity contribution in [2.24, 2.45) is 11.8 Å². The van der Waals surface area contributed by atoms with Crippen molar-refractivity contribution < 1.29 is 133 Å². The summed E-state index contributed by atoms with van der Waals surface area (Å²) < 4.78 is 75.8. The lowest BCUT2D eigenvalue weighted by Crippen LogP contribution is -2.64. The van der Waals surface area contributed by atoms with E-state index in [1.165, 1.54) is 20.8 Å². The first-order valence-electron chi connectivity index (χ1n) is 37.5. The van der Waals surface area contributed by atoms with Crippen molar-refractivity contribution in [1.29, 1.82) is 0 Å². The van der Waals surface area contributed by atoms with Gasteiger partial charge in [0.15, 0.2) is 25.2 Å². The molecule has 8 heterocycles. The zero-order valence-corrected chi connectivity index (χ0v) is 63.6. The molecule has 111 heavy (non-hydrogen) atoms. The molecule has 0 aliphatic carbocycles. The third-order valence-corrected chi connectivity index (χ3v) is 19.1. The zero-order valence-electron chi connectivity index (χ0n) is 63.6. The Morgan fingerprint density at radius 3 is 1.03 bits per heavy atom. The first-order valence-corrected chi connectivity index (χ1v) is 37.5. The Morgan fingerprint density at radius 1 is 0.423 bits per heavy atom. The molecule has 0 bridgehead atoms. The van der Waals surface area contributed by atoms with E-state index in [0.717, 1.165) is 19.3 Å². The lowest BCUT2D eigenvalue weighted by atomic mass is 9.92. The monoisotopic (exact) mass is 1590 g/mol. The SMILES string of the molecule is CC(=O)N[C@H]1[C@H](OCCOCCn2cc(CN(CCCCC(C(C)C)N(Cc3cn(CCOCCO[C@@H]4O[C@H](CO)[C@H](O)[C@H](O)[C@H]4C)nn3)Cc3cn(CCOCCO[C@@H]4O[C@H](CO)[C@H](O)[C@H](O)[C@H]4NC(C)=O)nn3)Cc3cn(CCOCCO[C@@H]4O[C@H](CO)[C@H](O)[C@H](O)[C@H]4NC(C)=O)nn3)nn2)O[C@H](CO)[C@H](O)[C@@H]1O. The minimum atomic E-state index is -1.46. The van der Waals surface area contributed by atoms with E-state index in [0.29, 0.717) is 81.7 Å². The fourth-order valence-corrected chi connectivity index (χ4v) is 13.3. The molecule has 0 aromatic carbocycles. The van der Waals surface area contributed by atoms with Gasteiger partial charge < -0.3 is 134 Å². The van der Waals surface area contributed by atoms with Crippen LogP contribution in [0.2, 0.25) is 0 Å². The van der Waals surface area contributed by atoms with E-state index in [9.17, 15) is 75.7 Å². The Hall–Kier alpha value is -6.07. The highest BCUT2D eigenvalue weighted by atomic mass is 16.7. The number of rotatable bonds is 50. The first-order chi connectivity index (χ1) is 53.4. The summed E-state index contributed by atoms with van der Waals surface area (Å²) in [6.45, 7) is 12.4. The van der Waals surface area contributed by atoms with Gasteiger partial charge in [-0.15, -0.1) is 20.4 Å². The smallest absolute Gasteiger partial charge is 0.217 e. The number of aromatic nitrogens is 12. The van der Waals surface area contributed by atoms with Crippen molar-refractivity contribution in [2.45, 2.75) is 236 Å². The molecule has 630 valence electrons. The normalized spacial score (nSPS) is 28.8. The van der Waals surface area contributed by atoms with Gasteiger partial charge in [-0.3, -0.25) is 24.2 Å². The molecular formula is C67H115N17O27. The fourth-order valence-electron chi connectivity index (χ4n) is 13.3. The van der Waals surface area contributed by atoms with Crippen LogP contribution in [-0.2, 0) is 124 Å². The number of carbonyl (C=O) groups is 3. The molecule has 4 aliphatic heterocycles. The van der Waals surface area contributed by atoms with Gasteiger partial charge in [-0.05, 0) is 25.3 Å². The minimum Gasteiger partial charge on any atom is -0.394 e. The van der Waals surface area contributed by atoms with E-state index < -0.39 is 167 Å². The maximum Gasteiger partial charge on any atom is 0.217 e. The van der Waals surface area contributed by atoms with Gasteiger partial charge in [0.05, 0.1) is 161 Å². The molecule has 4 aliphatic rings. The van der Waals surface area contributed by atoms with E-state index in [-0.39, 0.29) is 91.2 Å². The van der Waals surface area contributed by atoms with Gasteiger partial charge in [-0.25, -0.2) is 18.7 Å². The summed E-state index contributed by atoms with van der Waals surface area (Å²) in [5, 5.41) is 166. The third kappa shape index (κ3) is 27.8. The van der Waals surface area contributed by atoms with Crippen molar-refractivity contribution in [3.63, 3.8) is 0 Å². The van der Waals surface area contributed by atoms with Crippen LogP contribution in [0, 0.1) is 11.8 Å². The van der Waals surface area contributed by atoms with Gasteiger partial charge in [0.25, 0.3) is 0 Å². The summed E-state index contributed by atoms with van der Waals surface area (Å²) in [5.74, 6) is -1.86. The quantitative estimate of drug-likeness (QED) is 0.0183. The third-order valence-electron chi connectivity index (χ3n) is 19.1. The van der Waals surface area contributed by atoms with Gasteiger partial charge in [0.1, 0.15) is 85.3 Å². The van der Waals surface area contributed by atoms with Crippen LogP contribution in [0.25, 0.3) is 0 Å². The van der Waals surface area contributed by atoms with Crippen LogP contribution < -0.4 is 16.0 Å². The lowest BCUT2D eigenvalue weighted by molar-refractivity contribution is -0.284. The molecule has 44 nitrogen and oxygen atoms in total. The highest BCUT2D eigenvalue weighted by molar-refractivity contribution is 5.74. The van der Waals surface area contributed by atoms with Crippen LogP contribution in [0.4, 0.5) is 0 Å². The van der Waals surface area contributed by atoms with Crippen molar-refractivity contribution in [1.82, 2.24) is 85.7 Å². The Kier molecular flexibility index (Phi) is 37.9. The topological polar surface area (TPSA) is 570 Å². The highest BCUT2D eigenvalue weighted by Crippen LogP contribution is 2.29. The summed E-state index contributed by atoms with van der Waals surface area (Å²) in [6.07, 6.45) is -10.3. The Morgan fingerprint density at radius 2 is 0.721 bits per heavy atom. The summed E-state index contributed by atoms with van der Waals surface area (Å²) >= 11 is 0. The van der Waals surface area contributed by atoms with Gasteiger partial charge in [0, 0.05) is 83.7 Å². The molecule has 0 spiro atoms. The molecular weight excluding hydrogens is 1470 g/mol. The highest BCUT2D eigenvalue weighted by Gasteiger charge is 2.49. The molecule has 4 aromatic heterocycles. The second-order valence-corrected chi connectivity index (χ2v) is 28.1. The van der Waals surface area contributed by atoms with Crippen LogP contribution in [0.5, 0.6) is 0 Å². The maximum atomic E-state index is 11.9. The molecule has 21 atom stereocenters. The van der Waals surface area contributed by atoms with E-state index in [4.69, 9.17) is 56.8 Å². The summed E-state index contributed by atoms with van der Waals surface area (Å²) in [4.78, 5) is 40.2. The number of nitrogens with one attached hydrogen (secondary N) is 3. The molecule has 1 unspecified atom stereocenters. The van der Waals surface area contributed by atoms with Crippen LogP contribution >= 0.6 is 0 Å². The maximum absolute atomic E-state index is 11.9. The lowest BCUT2D eigenvalue weighted by Gasteiger charge is -2.42. The van der Waals surface area contributed by atoms with E-state index in [2.05, 4.69) is 80.8 Å². The number of aliphatic hydroxyl groups excluding tert-OH is 12. The second kappa shape index (κ2) is 46.5. The van der Waals surface area contributed by atoms with Crippen molar-refractivity contribution in [3.05, 3.63) is 47.6 Å². The summed E-state index contributed by atoms with van der Waals surface area (Å²) in [5.41, 5.74) is 2.70. The van der Waals surface area contributed by atoms with E-state index >= 15 is 0 Å². The fraction of sp³-hybridized carbons (Fsp3) is 0.836. The second-order valence-electron chi connectivity index (χ2n) is 28.1. The average molecular weight is 1590 g/mol. The van der Waals surface area contributed by atoms with Crippen LogP contribution in [0.3, 0.4) is 0 Å². The molecule has 0 saturated carbocycles. The predicted molar refractivity (Wildman–Crippen MR) is 376 cm³/mol. The van der Waals surface area contributed by atoms with Gasteiger partial charge in [0.2, 0.25) is 17.7 Å². The number of hydrogen-bond acceptors (Lipinski definition) is 37. The number of hydrogen-bond donors (Lipinski definition) is 15. The van der Waals surface area contributed by atoms with Crippen LogP contribution in [-0.4, -0.2) is 384 Å². The van der Waals surface area contributed by atoms with Crippen molar-refractivity contribution in [2.75, 3.05) is 112 Å². The molecule has 3 amide bonds. The Bertz CT molecular complexity index is 3210. The zero-order chi connectivity index (χ0) is 80.1. The van der Waals surface area contributed by atoms with E-state index in [1.807, 2.05) is 24.8 Å². The average Bonchev–Trinajstić information content (AvgIpc) is 1.83. The van der Waals surface area contributed by atoms with Crippen LogP contribution in [0.15, 0.2) is 24.8 Å². The number of aliphatic hydroxyl groups is 12. The number of unbranched alkanes of at least 4 members (excludes halogenated alkanes) is 1. The minimum absolute atomic E-state index is 0.0105.